The zero-order valence-electron chi connectivity index (χ0n) is 13.6. The molecule has 11 heteroatoms. The number of amides is 1. The maximum atomic E-state index is 11.8. The fourth-order valence-corrected chi connectivity index (χ4v) is 3.44. The Bertz CT molecular complexity index is 1110. The van der Waals surface area contributed by atoms with Crippen molar-refractivity contribution >= 4 is 50.5 Å². The number of para-hydroxylation sites is 1. The molecule has 0 aliphatic carbocycles. The molecule has 27 heavy (non-hydrogen) atoms. The highest BCUT2D eigenvalue weighted by Crippen LogP contribution is 2.30. The van der Waals surface area contributed by atoms with Crippen LogP contribution in [-0.4, -0.2) is 24.1 Å². The van der Waals surface area contributed by atoms with Crippen molar-refractivity contribution in [2.24, 2.45) is 10.9 Å². The van der Waals surface area contributed by atoms with Crippen LogP contribution in [-0.2, 0) is 10.0 Å². The zero-order chi connectivity index (χ0) is 19.8. The Morgan fingerprint density at radius 1 is 1.07 bits per heavy atom. The van der Waals surface area contributed by atoms with Gasteiger partial charge in [0.1, 0.15) is 5.69 Å². The summed E-state index contributed by atoms with van der Waals surface area (Å²) in [5.41, 5.74) is 6.54. The van der Waals surface area contributed by atoms with Crippen molar-refractivity contribution in [2.75, 3.05) is 5.32 Å². The van der Waals surface area contributed by atoms with Crippen LogP contribution in [0.2, 0.25) is 10.0 Å². The van der Waals surface area contributed by atoms with Gasteiger partial charge in [0, 0.05) is 5.69 Å². The van der Waals surface area contributed by atoms with E-state index in [1.807, 2.05) is 0 Å². The third-order valence-electron chi connectivity index (χ3n) is 3.58. The van der Waals surface area contributed by atoms with Gasteiger partial charge in [-0.2, -0.15) is 5.10 Å². The van der Waals surface area contributed by atoms with Gasteiger partial charge in [-0.25, -0.2) is 18.2 Å². The lowest BCUT2D eigenvalue weighted by Gasteiger charge is -2.06. The molecule has 0 aliphatic rings. The van der Waals surface area contributed by atoms with Gasteiger partial charge in [0.25, 0.3) is 5.91 Å². The summed E-state index contributed by atoms with van der Waals surface area (Å²) in [6.07, 6.45) is 1.50. The topological polar surface area (TPSA) is 133 Å². The van der Waals surface area contributed by atoms with Crippen LogP contribution in [0.5, 0.6) is 0 Å². The Morgan fingerprint density at radius 2 is 1.67 bits per heavy atom. The molecule has 140 valence electrons. The third-order valence-corrected chi connectivity index (χ3v) is 5.12. The number of nitrogens with one attached hydrogen (secondary N) is 1. The molecule has 2 aromatic carbocycles. The Balaban J connectivity index is 2.01. The highest BCUT2D eigenvalue weighted by Gasteiger charge is 2.18. The van der Waals surface area contributed by atoms with Gasteiger partial charge in [-0.15, -0.1) is 0 Å². The van der Waals surface area contributed by atoms with E-state index in [4.69, 9.17) is 34.1 Å². The molecule has 1 heterocycles. The van der Waals surface area contributed by atoms with Crippen molar-refractivity contribution in [3.8, 4) is 5.69 Å². The molecule has 0 saturated carbocycles. The molecule has 0 radical (unpaired) electrons. The van der Waals surface area contributed by atoms with E-state index in [1.54, 1.807) is 18.2 Å². The monoisotopic (exact) mass is 425 g/mol. The molecule has 0 saturated heterocycles. The first kappa shape index (κ1) is 19.2. The minimum absolute atomic E-state index is 0.0401. The lowest BCUT2D eigenvalue weighted by Crippen LogP contribution is -2.14. The van der Waals surface area contributed by atoms with Crippen LogP contribution in [0, 0.1) is 0 Å². The number of carbonyl (C=O) groups is 1. The number of primary amides is 1. The summed E-state index contributed by atoms with van der Waals surface area (Å²) in [6.45, 7) is 0. The summed E-state index contributed by atoms with van der Waals surface area (Å²) in [4.78, 5) is 11.7. The molecule has 0 fully saturated rings. The van der Waals surface area contributed by atoms with Gasteiger partial charge in [-0.1, -0.05) is 29.3 Å². The summed E-state index contributed by atoms with van der Waals surface area (Å²) in [5, 5.41) is 12.9. The van der Waals surface area contributed by atoms with Crippen LogP contribution in [0.4, 0.5) is 11.4 Å². The van der Waals surface area contributed by atoms with E-state index >= 15 is 0 Å². The van der Waals surface area contributed by atoms with E-state index in [0.29, 0.717) is 27.1 Å². The number of primary sulfonamides is 1. The predicted octanol–water partition coefficient (Wildman–Crippen LogP) is 2.67. The lowest BCUT2D eigenvalue weighted by molar-refractivity contribution is 0.0996. The number of hydrogen-bond donors (Lipinski definition) is 3. The number of hydrogen-bond acceptors (Lipinski definition) is 5. The molecule has 0 unspecified atom stereocenters. The van der Waals surface area contributed by atoms with E-state index in [9.17, 15) is 13.2 Å². The second kappa shape index (κ2) is 7.20. The highest BCUT2D eigenvalue weighted by molar-refractivity contribution is 7.89. The molecule has 0 aliphatic heterocycles. The van der Waals surface area contributed by atoms with Gasteiger partial charge < -0.3 is 11.1 Å². The molecule has 1 amide bonds. The number of nitrogens with two attached hydrogens (primary N) is 2. The van der Waals surface area contributed by atoms with Gasteiger partial charge in [-0.3, -0.25) is 4.79 Å². The van der Waals surface area contributed by atoms with Gasteiger partial charge in [0.05, 0.1) is 26.8 Å². The third kappa shape index (κ3) is 4.06. The van der Waals surface area contributed by atoms with Gasteiger partial charge in [-0.05, 0) is 36.4 Å². The van der Waals surface area contributed by atoms with Crippen LogP contribution in [0.15, 0.2) is 53.6 Å². The van der Waals surface area contributed by atoms with Gasteiger partial charge in [0.15, 0.2) is 5.69 Å². The highest BCUT2D eigenvalue weighted by atomic mass is 35.5. The quantitative estimate of drug-likeness (QED) is 0.577. The molecule has 0 atom stereocenters. The van der Waals surface area contributed by atoms with E-state index in [-0.39, 0.29) is 10.6 Å². The Hall–Kier alpha value is -2.59. The van der Waals surface area contributed by atoms with Crippen molar-refractivity contribution in [3.05, 3.63) is 64.4 Å². The zero-order valence-corrected chi connectivity index (χ0v) is 15.9. The molecule has 0 spiro atoms. The number of nitrogens with zero attached hydrogens (tertiary/aromatic N) is 2. The second-order valence-corrected chi connectivity index (χ2v) is 7.84. The Kier molecular flexibility index (Phi) is 5.11. The first-order chi connectivity index (χ1) is 12.7. The molecule has 3 aromatic rings. The number of carbonyl (C=O) groups excluding carboxylic acids is 1. The van der Waals surface area contributed by atoms with Gasteiger partial charge >= 0.3 is 0 Å². The standard InChI is InChI=1S/C16H13Cl2N5O3S/c17-11-2-1-3-12(18)15(11)23-8-13(14(22-23)16(19)24)21-9-4-6-10(7-5-9)27(20,25)26/h1-8,21H,(H2,19,24)(H2,20,25,26). The molecule has 1 aromatic heterocycles. The summed E-state index contributed by atoms with van der Waals surface area (Å²) in [6, 6.07) is 10.6. The van der Waals surface area contributed by atoms with Crippen molar-refractivity contribution in [2.45, 2.75) is 4.90 Å². The molecular formula is C16H13Cl2N5O3S. The second-order valence-electron chi connectivity index (χ2n) is 5.46. The Labute approximate surface area is 164 Å². The van der Waals surface area contributed by atoms with E-state index < -0.39 is 15.9 Å². The minimum Gasteiger partial charge on any atom is -0.364 e. The molecule has 3 rings (SSSR count). The van der Waals surface area contributed by atoms with Crippen LogP contribution in [0.1, 0.15) is 10.5 Å². The number of aromatic nitrogens is 2. The number of anilines is 2. The fourth-order valence-electron chi connectivity index (χ4n) is 2.35. The molecule has 5 N–H and O–H groups in total. The number of benzene rings is 2. The van der Waals surface area contributed by atoms with Crippen molar-refractivity contribution < 1.29 is 13.2 Å². The SMILES string of the molecule is NC(=O)c1nn(-c2c(Cl)cccc2Cl)cc1Nc1ccc(S(N)(=O)=O)cc1. The van der Waals surface area contributed by atoms with Crippen LogP contribution in [0.3, 0.4) is 0 Å². The summed E-state index contributed by atoms with van der Waals surface area (Å²) >= 11 is 12.3. The number of halogens is 2. The molecular weight excluding hydrogens is 413 g/mol. The predicted molar refractivity (Wildman–Crippen MR) is 103 cm³/mol. The van der Waals surface area contributed by atoms with E-state index in [2.05, 4.69) is 10.4 Å². The smallest absolute Gasteiger partial charge is 0.271 e. The van der Waals surface area contributed by atoms with Gasteiger partial charge in [0.2, 0.25) is 10.0 Å². The number of rotatable bonds is 5. The summed E-state index contributed by atoms with van der Waals surface area (Å²) < 4.78 is 24.0. The van der Waals surface area contributed by atoms with Crippen molar-refractivity contribution in [1.29, 1.82) is 0 Å². The van der Waals surface area contributed by atoms with E-state index in [0.717, 1.165) is 0 Å². The fraction of sp³-hybridized carbons (Fsp3) is 0. The lowest BCUT2D eigenvalue weighted by atomic mass is 10.3. The van der Waals surface area contributed by atoms with Crippen LogP contribution >= 0.6 is 23.2 Å². The average molecular weight is 426 g/mol. The van der Waals surface area contributed by atoms with Crippen LogP contribution < -0.4 is 16.2 Å². The maximum Gasteiger partial charge on any atom is 0.271 e. The summed E-state index contributed by atoms with van der Waals surface area (Å²) in [7, 11) is -3.80. The van der Waals surface area contributed by atoms with Crippen LogP contribution in [0.25, 0.3) is 5.69 Å². The largest absolute Gasteiger partial charge is 0.364 e. The molecule has 0 bridgehead atoms. The maximum absolute atomic E-state index is 11.8. The Morgan fingerprint density at radius 3 is 2.19 bits per heavy atom. The summed E-state index contributed by atoms with van der Waals surface area (Å²) in [5.74, 6) is -0.763. The normalized spacial score (nSPS) is 11.4. The van der Waals surface area contributed by atoms with Crippen molar-refractivity contribution in [3.63, 3.8) is 0 Å². The average Bonchev–Trinajstić information content (AvgIpc) is 2.98. The molecule has 8 nitrogen and oxygen atoms in total. The first-order valence-corrected chi connectivity index (χ1v) is 9.71. The number of sulfonamides is 1. The minimum atomic E-state index is -3.80. The van der Waals surface area contributed by atoms with Crippen molar-refractivity contribution in [1.82, 2.24) is 9.78 Å². The van der Waals surface area contributed by atoms with E-state index in [1.165, 1.54) is 35.1 Å². The first-order valence-electron chi connectivity index (χ1n) is 7.40.